The number of hydrogen-bond acceptors (Lipinski definition) is 2. The van der Waals surface area contributed by atoms with Crippen LogP contribution in [0.5, 0.6) is 0 Å². The second kappa shape index (κ2) is 5.01. The Balaban J connectivity index is 2.03. The molecule has 2 aromatic rings. The van der Waals surface area contributed by atoms with Crippen LogP contribution in [0.15, 0.2) is 24.4 Å². The number of fused-ring (bicyclic) bond motifs is 1. The summed E-state index contributed by atoms with van der Waals surface area (Å²) in [5, 5.41) is 11.6. The van der Waals surface area contributed by atoms with Crippen molar-refractivity contribution in [3.05, 3.63) is 24.4 Å². The number of benzene rings is 1. The molecule has 16 heavy (non-hydrogen) atoms. The van der Waals surface area contributed by atoms with Crippen LogP contribution in [-0.2, 0) is 0 Å². The maximum atomic E-state index is 4.02. The topological polar surface area (TPSA) is 40.7 Å². The van der Waals surface area contributed by atoms with E-state index in [1.54, 1.807) is 0 Å². The van der Waals surface area contributed by atoms with E-state index in [1.165, 1.54) is 18.5 Å². The molecule has 0 aliphatic heterocycles. The van der Waals surface area contributed by atoms with Gasteiger partial charge in [0.2, 0.25) is 0 Å². The summed E-state index contributed by atoms with van der Waals surface area (Å²) in [7, 11) is 0. The Kier molecular flexibility index (Phi) is 3.44. The molecular formula is C13H19N3. The van der Waals surface area contributed by atoms with Gasteiger partial charge in [-0.05, 0) is 24.1 Å². The van der Waals surface area contributed by atoms with Gasteiger partial charge in [-0.1, -0.05) is 26.7 Å². The lowest BCUT2D eigenvalue weighted by Crippen LogP contribution is -2.12. The van der Waals surface area contributed by atoms with Crippen LogP contribution in [0.25, 0.3) is 10.9 Å². The summed E-state index contributed by atoms with van der Waals surface area (Å²) in [6.45, 7) is 5.54. The van der Waals surface area contributed by atoms with Crippen molar-refractivity contribution in [2.24, 2.45) is 5.92 Å². The van der Waals surface area contributed by atoms with Crippen molar-refractivity contribution in [2.75, 3.05) is 11.9 Å². The Labute approximate surface area is 96.2 Å². The Bertz CT molecular complexity index is 443. The number of nitrogens with zero attached hydrogens (tertiary/aromatic N) is 1. The maximum absolute atomic E-state index is 4.02. The van der Waals surface area contributed by atoms with E-state index in [1.807, 2.05) is 6.20 Å². The zero-order valence-electron chi connectivity index (χ0n) is 9.96. The molecule has 3 nitrogen and oxygen atoms in total. The van der Waals surface area contributed by atoms with Gasteiger partial charge in [0, 0.05) is 17.6 Å². The highest BCUT2D eigenvalue weighted by atomic mass is 15.1. The summed E-state index contributed by atoms with van der Waals surface area (Å²) in [5.41, 5.74) is 2.26. The molecular weight excluding hydrogens is 198 g/mol. The van der Waals surface area contributed by atoms with Crippen LogP contribution < -0.4 is 5.32 Å². The fraction of sp³-hybridized carbons (Fsp3) is 0.462. The van der Waals surface area contributed by atoms with Crippen molar-refractivity contribution >= 4 is 16.6 Å². The summed E-state index contributed by atoms with van der Waals surface area (Å²) in [6.07, 6.45) is 4.31. The third-order valence-electron chi connectivity index (χ3n) is 3.19. The fourth-order valence-corrected chi connectivity index (χ4v) is 1.89. The molecule has 1 aromatic heterocycles. The molecule has 2 N–H and O–H groups in total. The van der Waals surface area contributed by atoms with Crippen LogP contribution in [0.4, 0.5) is 5.69 Å². The van der Waals surface area contributed by atoms with Gasteiger partial charge in [-0.2, -0.15) is 5.10 Å². The number of nitrogens with one attached hydrogen (secondary N) is 2. The minimum absolute atomic E-state index is 0.762. The molecule has 0 aliphatic rings. The van der Waals surface area contributed by atoms with Gasteiger partial charge in [0.15, 0.2) is 0 Å². The molecule has 0 unspecified atom stereocenters. The Morgan fingerprint density at radius 1 is 1.31 bits per heavy atom. The van der Waals surface area contributed by atoms with Crippen molar-refractivity contribution in [3.63, 3.8) is 0 Å². The normalized spacial score (nSPS) is 11.2. The van der Waals surface area contributed by atoms with Crippen molar-refractivity contribution < 1.29 is 0 Å². The van der Waals surface area contributed by atoms with Gasteiger partial charge in [-0.3, -0.25) is 5.10 Å². The van der Waals surface area contributed by atoms with Crippen LogP contribution in [0.3, 0.4) is 0 Å². The van der Waals surface area contributed by atoms with Crippen LogP contribution in [0, 0.1) is 5.92 Å². The molecule has 3 heteroatoms. The first-order chi connectivity index (χ1) is 7.83. The quantitative estimate of drug-likeness (QED) is 0.805. The molecule has 0 aliphatic carbocycles. The molecule has 0 spiro atoms. The standard InChI is InChI=1S/C13H19N3/c1-3-10(4-2)8-14-12-6-5-11-9-15-16-13(11)7-12/h5-7,9-10,14H,3-4,8H2,1-2H3,(H,15,16). The van der Waals surface area contributed by atoms with Crippen LogP contribution in [0.1, 0.15) is 26.7 Å². The molecule has 0 fully saturated rings. The third-order valence-corrected chi connectivity index (χ3v) is 3.19. The Hall–Kier alpha value is -1.51. The molecule has 0 atom stereocenters. The summed E-state index contributed by atoms with van der Waals surface area (Å²) < 4.78 is 0. The van der Waals surface area contributed by atoms with Crippen molar-refractivity contribution in [2.45, 2.75) is 26.7 Å². The molecule has 0 saturated carbocycles. The van der Waals surface area contributed by atoms with E-state index in [4.69, 9.17) is 0 Å². The van der Waals surface area contributed by atoms with Gasteiger partial charge < -0.3 is 5.32 Å². The number of H-pyrrole nitrogens is 1. The Morgan fingerprint density at radius 3 is 2.88 bits per heavy atom. The highest BCUT2D eigenvalue weighted by Gasteiger charge is 2.03. The zero-order chi connectivity index (χ0) is 11.4. The first-order valence-electron chi connectivity index (χ1n) is 6.00. The van der Waals surface area contributed by atoms with E-state index in [2.05, 4.69) is 47.6 Å². The number of aromatic amines is 1. The average molecular weight is 217 g/mol. The average Bonchev–Trinajstić information content (AvgIpc) is 2.77. The van der Waals surface area contributed by atoms with Crippen molar-refractivity contribution in [1.82, 2.24) is 10.2 Å². The van der Waals surface area contributed by atoms with Crippen molar-refractivity contribution in [3.8, 4) is 0 Å². The van der Waals surface area contributed by atoms with E-state index in [-0.39, 0.29) is 0 Å². The maximum Gasteiger partial charge on any atom is 0.0670 e. The van der Waals surface area contributed by atoms with Gasteiger partial charge in [0.25, 0.3) is 0 Å². The number of aromatic nitrogens is 2. The predicted molar refractivity (Wildman–Crippen MR) is 68.7 cm³/mol. The lowest BCUT2D eigenvalue weighted by atomic mass is 10.0. The molecule has 2 rings (SSSR count). The second-order valence-corrected chi connectivity index (χ2v) is 4.24. The lowest BCUT2D eigenvalue weighted by molar-refractivity contribution is 0.519. The summed E-state index contributed by atoms with van der Waals surface area (Å²) in [5.74, 6) is 0.762. The zero-order valence-corrected chi connectivity index (χ0v) is 9.96. The molecule has 0 amide bonds. The van der Waals surface area contributed by atoms with E-state index in [0.29, 0.717) is 0 Å². The van der Waals surface area contributed by atoms with Gasteiger partial charge in [0.1, 0.15) is 0 Å². The molecule has 86 valence electrons. The third kappa shape index (κ3) is 2.35. The first-order valence-corrected chi connectivity index (χ1v) is 6.00. The van der Waals surface area contributed by atoms with Crippen LogP contribution in [-0.4, -0.2) is 16.7 Å². The molecule has 1 aromatic carbocycles. The van der Waals surface area contributed by atoms with Gasteiger partial charge >= 0.3 is 0 Å². The number of rotatable bonds is 5. The monoisotopic (exact) mass is 217 g/mol. The largest absolute Gasteiger partial charge is 0.385 e. The molecule has 0 saturated heterocycles. The molecule has 0 bridgehead atoms. The lowest BCUT2D eigenvalue weighted by Gasteiger charge is -2.14. The van der Waals surface area contributed by atoms with Gasteiger partial charge in [-0.25, -0.2) is 0 Å². The van der Waals surface area contributed by atoms with Crippen molar-refractivity contribution in [1.29, 1.82) is 0 Å². The minimum atomic E-state index is 0.762. The number of hydrogen-bond donors (Lipinski definition) is 2. The second-order valence-electron chi connectivity index (χ2n) is 4.24. The smallest absolute Gasteiger partial charge is 0.0670 e. The highest BCUT2D eigenvalue weighted by Crippen LogP contribution is 2.17. The fourth-order valence-electron chi connectivity index (χ4n) is 1.89. The van der Waals surface area contributed by atoms with E-state index in [0.717, 1.165) is 23.4 Å². The SMILES string of the molecule is CCC(CC)CNc1ccc2cn[nH]c2c1. The summed E-state index contributed by atoms with van der Waals surface area (Å²) >= 11 is 0. The van der Waals surface area contributed by atoms with Gasteiger partial charge in [0.05, 0.1) is 11.7 Å². The summed E-state index contributed by atoms with van der Waals surface area (Å²) in [6, 6.07) is 6.32. The van der Waals surface area contributed by atoms with E-state index < -0.39 is 0 Å². The summed E-state index contributed by atoms with van der Waals surface area (Å²) in [4.78, 5) is 0. The van der Waals surface area contributed by atoms with E-state index in [9.17, 15) is 0 Å². The van der Waals surface area contributed by atoms with Gasteiger partial charge in [-0.15, -0.1) is 0 Å². The van der Waals surface area contributed by atoms with Crippen LogP contribution in [0.2, 0.25) is 0 Å². The highest BCUT2D eigenvalue weighted by molar-refractivity contribution is 5.81. The predicted octanol–water partition coefficient (Wildman–Crippen LogP) is 3.41. The Morgan fingerprint density at radius 2 is 2.12 bits per heavy atom. The molecule has 1 heterocycles. The van der Waals surface area contributed by atoms with Crippen LogP contribution >= 0.6 is 0 Å². The number of anilines is 1. The van der Waals surface area contributed by atoms with E-state index >= 15 is 0 Å². The molecule has 0 radical (unpaired) electrons. The minimum Gasteiger partial charge on any atom is -0.385 e. The first kappa shape index (κ1) is 11.0.